The highest BCUT2D eigenvalue weighted by atomic mass is 16.6. The molecule has 0 bridgehead atoms. The lowest BCUT2D eigenvalue weighted by Crippen LogP contribution is -2.22. The van der Waals surface area contributed by atoms with Crippen molar-refractivity contribution < 1.29 is 14.5 Å². The first-order valence-corrected chi connectivity index (χ1v) is 10.0. The van der Waals surface area contributed by atoms with Crippen molar-refractivity contribution in [2.75, 3.05) is 5.32 Å². The molecule has 33 heavy (non-hydrogen) atoms. The summed E-state index contributed by atoms with van der Waals surface area (Å²) in [4.78, 5) is 36.0. The van der Waals surface area contributed by atoms with Crippen molar-refractivity contribution in [2.45, 2.75) is 6.92 Å². The maximum Gasteiger partial charge on any atom is 0.295 e. The third-order valence-corrected chi connectivity index (χ3v) is 5.19. The van der Waals surface area contributed by atoms with Crippen LogP contribution in [-0.4, -0.2) is 20.2 Å². The first-order chi connectivity index (χ1) is 15.8. The van der Waals surface area contributed by atoms with E-state index in [1.807, 2.05) is 30.3 Å². The molecule has 0 atom stereocenters. The van der Waals surface area contributed by atoms with Crippen LogP contribution in [0, 0.1) is 17.0 Å². The molecule has 1 aromatic heterocycles. The van der Waals surface area contributed by atoms with Gasteiger partial charge in [0.2, 0.25) is 0 Å². The molecule has 9 nitrogen and oxygen atoms in total. The van der Waals surface area contributed by atoms with Gasteiger partial charge in [-0.2, -0.15) is 0 Å². The number of nitro benzene ring substituents is 1. The molecule has 9 heteroatoms. The maximum atomic E-state index is 13.0. The largest absolute Gasteiger partial charge is 0.457 e. The summed E-state index contributed by atoms with van der Waals surface area (Å²) in [7, 11) is 1.75. The Labute approximate surface area is 188 Å². The van der Waals surface area contributed by atoms with Gasteiger partial charge in [0.1, 0.15) is 17.2 Å². The normalized spacial score (nSPS) is 10.6. The van der Waals surface area contributed by atoms with Gasteiger partial charge in [-0.3, -0.25) is 24.4 Å². The molecule has 4 aromatic rings. The van der Waals surface area contributed by atoms with Crippen molar-refractivity contribution in [3.63, 3.8) is 0 Å². The number of ether oxygens (including phenoxy) is 1. The van der Waals surface area contributed by atoms with Crippen LogP contribution in [0.5, 0.6) is 11.5 Å². The van der Waals surface area contributed by atoms with E-state index in [1.54, 1.807) is 42.9 Å². The molecular formula is C24H20N4O5. The Bertz CT molecular complexity index is 1370. The third-order valence-electron chi connectivity index (χ3n) is 5.19. The van der Waals surface area contributed by atoms with Crippen LogP contribution in [0.2, 0.25) is 0 Å². The molecule has 0 aliphatic heterocycles. The van der Waals surface area contributed by atoms with Crippen LogP contribution in [-0.2, 0) is 7.05 Å². The fraction of sp³-hybridized carbons (Fsp3) is 0.0833. The van der Waals surface area contributed by atoms with Crippen molar-refractivity contribution in [3.05, 3.63) is 111 Å². The minimum absolute atomic E-state index is 0.0306. The van der Waals surface area contributed by atoms with E-state index in [-0.39, 0.29) is 16.9 Å². The highest BCUT2D eigenvalue weighted by Crippen LogP contribution is 2.24. The van der Waals surface area contributed by atoms with Gasteiger partial charge >= 0.3 is 0 Å². The molecule has 1 amide bonds. The molecule has 166 valence electrons. The average molecular weight is 444 g/mol. The molecule has 0 unspecified atom stereocenters. The molecule has 4 rings (SSSR count). The van der Waals surface area contributed by atoms with Gasteiger partial charge in [0.05, 0.1) is 16.3 Å². The van der Waals surface area contributed by atoms with Gasteiger partial charge in [-0.15, -0.1) is 0 Å². The summed E-state index contributed by atoms with van der Waals surface area (Å²) < 4.78 is 8.84. The molecule has 0 aliphatic rings. The number of para-hydroxylation sites is 1. The smallest absolute Gasteiger partial charge is 0.295 e. The number of nitrogens with zero attached hydrogens (tertiary/aromatic N) is 3. The zero-order valence-corrected chi connectivity index (χ0v) is 17.9. The number of benzene rings is 3. The van der Waals surface area contributed by atoms with Gasteiger partial charge in [-0.05, 0) is 55.5 Å². The SMILES string of the molecule is Cc1c(NC(=O)c2ccc(Oc3ccc([N+](=O)[O-])cc3)cc2)c(=O)n(-c2ccccc2)n1C. The van der Waals surface area contributed by atoms with Crippen molar-refractivity contribution in [2.24, 2.45) is 7.05 Å². The Morgan fingerprint density at radius 2 is 1.52 bits per heavy atom. The number of nitro groups is 1. The number of nitrogens with one attached hydrogen (secondary N) is 1. The monoisotopic (exact) mass is 444 g/mol. The molecule has 0 spiro atoms. The summed E-state index contributed by atoms with van der Waals surface area (Å²) in [5.74, 6) is 0.463. The van der Waals surface area contributed by atoms with Crippen LogP contribution in [0.15, 0.2) is 83.7 Å². The number of hydrogen-bond acceptors (Lipinski definition) is 5. The summed E-state index contributed by atoms with van der Waals surface area (Å²) in [5, 5.41) is 13.5. The fourth-order valence-electron chi connectivity index (χ4n) is 3.34. The lowest BCUT2D eigenvalue weighted by atomic mass is 10.2. The van der Waals surface area contributed by atoms with E-state index >= 15 is 0 Å². The topological polar surface area (TPSA) is 108 Å². The lowest BCUT2D eigenvalue weighted by Gasteiger charge is -2.07. The third kappa shape index (κ3) is 4.38. The lowest BCUT2D eigenvalue weighted by molar-refractivity contribution is -0.384. The van der Waals surface area contributed by atoms with Crippen LogP contribution < -0.4 is 15.6 Å². The molecule has 0 aliphatic carbocycles. The van der Waals surface area contributed by atoms with E-state index in [2.05, 4.69) is 5.32 Å². The Morgan fingerprint density at radius 3 is 2.09 bits per heavy atom. The predicted octanol–water partition coefficient (Wildman–Crippen LogP) is 4.44. The van der Waals surface area contributed by atoms with Gasteiger partial charge in [-0.1, -0.05) is 18.2 Å². The second-order valence-electron chi connectivity index (χ2n) is 7.27. The van der Waals surface area contributed by atoms with E-state index in [1.165, 1.54) is 28.9 Å². The van der Waals surface area contributed by atoms with Crippen LogP contribution in [0.25, 0.3) is 5.69 Å². The van der Waals surface area contributed by atoms with Crippen molar-refractivity contribution in [1.29, 1.82) is 0 Å². The van der Waals surface area contributed by atoms with Crippen LogP contribution >= 0.6 is 0 Å². The molecule has 0 saturated carbocycles. The Balaban J connectivity index is 1.50. The second-order valence-corrected chi connectivity index (χ2v) is 7.27. The first-order valence-electron chi connectivity index (χ1n) is 10.0. The first kappa shape index (κ1) is 21.6. The number of rotatable bonds is 6. The van der Waals surface area contributed by atoms with Crippen molar-refractivity contribution in [3.8, 4) is 17.2 Å². The minimum atomic E-state index is -0.486. The highest BCUT2D eigenvalue weighted by molar-refractivity contribution is 6.04. The summed E-state index contributed by atoms with van der Waals surface area (Å²) in [6, 6.07) is 21.2. The van der Waals surface area contributed by atoms with Crippen LogP contribution in [0.1, 0.15) is 16.1 Å². The van der Waals surface area contributed by atoms with Gasteiger partial charge < -0.3 is 10.1 Å². The summed E-state index contributed by atoms with van der Waals surface area (Å²) in [6.07, 6.45) is 0. The zero-order valence-electron chi connectivity index (χ0n) is 17.9. The number of amides is 1. The quantitative estimate of drug-likeness (QED) is 0.349. The molecule has 1 heterocycles. The van der Waals surface area contributed by atoms with Crippen LogP contribution in [0.4, 0.5) is 11.4 Å². The van der Waals surface area contributed by atoms with Gasteiger partial charge in [-0.25, -0.2) is 4.68 Å². The molecular weight excluding hydrogens is 424 g/mol. The Hall–Kier alpha value is -4.66. The van der Waals surface area contributed by atoms with Gasteiger partial charge in [0.25, 0.3) is 17.2 Å². The molecule has 0 radical (unpaired) electrons. The Morgan fingerprint density at radius 1 is 0.939 bits per heavy atom. The summed E-state index contributed by atoms with van der Waals surface area (Å²) in [6.45, 7) is 1.76. The molecule has 0 fully saturated rings. The van der Waals surface area contributed by atoms with Crippen molar-refractivity contribution in [1.82, 2.24) is 9.36 Å². The maximum absolute atomic E-state index is 13.0. The van der Waals surface area contributed by atoms with Gasteiger partial charge in [0, 0.05) is 24.7 Å². The number of carbonyl (C=O) groups is 1. The molecule has 3 aromatic carbocycles. The number of carbonyl (C=O) groups excluding carboxylic acids is 1. The van der Waals surface area contributed by atoms with E-state index in [0.717, 1.165) is 0 Å². The Kier molecular flexibility index (Phi) is 5.77. The summed E-state index contributed by atoms with van der Waals surface area (Å²) >= 11 is 0. The standard InChI is InChI=1S/C24H20N4O5/c1-16-22(24(30)27(26(16)2)18-6-4-3-5-7-18)25-23(29)17-8-12-20(13-9-17)33-21-14-10-19(11-15-21)28(31)32/h3-15H,1-2H3,(H,25,29). The predicted molar refractivity (Wildman–Crippen MR) is 123 cm³/mol. The zero-order chi connectivity index (χ0) is 23.5. The van der Waals surface area contributed by atoms with Crippen molar-refractivity contribution >= 4 is 17.3 Å². The van der Waals surface area contributed by atoms with E-state index < -0.39 is 10.8 Å². The number of hydrogen-bond donors (Lipinski definition) is 1. The highest BCUT2D eigenvalue weighted by Gasteiger charge is 2.19. The van der Waals surface area contributed by atoms with E-state index in [0.29, 0.717) is 28.4 Å². The second kappa shape index (κ2) is 8.83. The fourth-order valence-corrected chi connectivity index (χ4v) is 3.34. The molecule has 0 saturated heterocycles. The minimum Gasteiger partial charge on any atom is -0.457 e. The number of non-ortho nitro benzene ring substituents is 1. The number of anilines is 1. The molecule has 1 N–H and O–H groups in total. The number of aromatic nitrogens is 2. The summed E-state index contributed by atoms with van der Waals surface area (Å²) in [5.41, 5.74) is 1.51. The van der Waals surface area contributed by atoms with Crippen LogP contribution in [0.3, 0.4) is 0 Å². The van der Waals surface area contributed by atoms with E-state index in [4.69, 9.17) is 4.74 Å². The van der Waals surface area contributed by atoms with Gasteiger partial charge in [0.15, 0.2) is 0 Å². The van der Waals surface area contributed by atoms with E-state index in [9.17, 15) is 19.7 Å². The average Bonchev–Trinajstić information content (AvgIpc) is 3.03.